The highest BCUT2D eigenvalue weighted by Crippen LogP contribution is 2.20. The molecule has 94 valence electrons. The molecule has 1 saturated heterocycles. The van der Waals surface area contributed by atoms with Gasteiger partial charge in [0.2, 0.25) is 0 Å². The minimum absolute atomic E-state index is 0.137. The Morgan fingerprint density at radius 1 is 1.50 bits per heavy atom. The van der Waals surface area contributed by atoms with Gasteiger partial charge in [-0.2, -0.15) is 11.8 Å². The maximum absolute atomic E-state index is 10.1. The molecule has 0 aromatic carbocycles. The molecule has 0 aromatic rings. The van der Waals surface area contributed by atoms with Crippen molar-refractivity contribution >= 4 is 11.8 Å². The van der Waals surface area contributed by atoms with E-state index in [0.29, 0.717) is 6.04 Å². The van der Waals surface area contributed by atoms with Crippen molar-refractivity contribution in [2.75, 3.05) is 25.1 Å². The summed E-state index contributed by atoms with van der Waals surface area (Å²) in [7, 11) is 2.13. The van der Waals surface area contributed by atoms with Crippen LogP contribution in [0.4, 0.5) is 0 Å². The first-order chi connectivity index (χ1) is 7.75. The first kappa shape index (κ1) is 14.1. The molecule has 0 spiro atoms. The molecular weight excluding hydrogens is 218 g/mol. The zero-order valence-electron chi connectivity index (χ0n) is 10.4. The van der Waals surface area contributed by atoms with Gasteiger partial charge in [0.05, 0.1) is 6.10 Å². The Kier molecular flexibility index (Phi) is 7.17. The van der Waals surface area contributed by atoms with Gasteiger partial charge in [0.15, 0.2) is 0 Å². The lowest BCUT2D eigenvalue weighted by Crippen LogP contribution is -2.46. The zero-order chi connectivity index (χ0) is 11.8. The smallest absolute Gasteiger partial charge is 0.0703 e. The first-order valence-corrected chi connectivity index (χ1v) is 7.48. The Balaban J connectivity index is 2.12. The van der Waals surface area contributed by atoms with E-state index in [9.17, 15) is 5.11 Å². The van der Waals surface area contributed by atoms with Crippen LogP contribution in [-0.4, -0.2) is 47.3 Å². The van der Waals surface area contributed by atoms with Crippen LogP contribution in [0.25, 0.3) is 0 Å². The molecule has 0 bridgehead atoms. The molecule has 2 nitrogen and oxygen atoms in total. The van der Waals surface area contributed by atoms with Crippen molar-refractivity contribution in [2.45, 2.75) is 44.2 Å². The Bertz CT molecular complexity index is 198. The lowest BCUT2D eigenvalue weighted by molar-refractivity contribution is 0.0674. The van der Waals surface area contributed by atoms with E-state index in [4.69, 9.17) is 0 Å². The third kappa shape index (κ3) is 4.89. The van der Waals surface area contributed by atoms with Crippen molar-refractivity contribution < 1.29 is 5.11 Å². The molecule has 1 N–H and O–H groups in total. The standard InChI is InChI=1S/C13H25NOS/c1-3-4-5-6-7-8-13(15)12-11-16-10-9-14(12)2/h3,12-13,15H,1,4-11H2,2H3. The summed E-state index contributed by atoms with van der Waals surface area (Å²) in [6.45, 7) is 4.83. The quantitative estimate of drug-likeness (QED) is 0.549. The summed E-state index contributed by atoms with van der Waals surface area (Å²) in [5, 5.41) is 10.1. The van der Waals surface area contributed by atoms with Crippen molar-refractivity contribution in [3.05, 3.63) is 12.7 Å². The monoisotopic (exact) mass is 243 g/mol. The van der Waals surface area contributed by atoms with Crippen LogP contribution in [0.2, 0.25) is 0 Å². The third-order valence-corrected chi connectivity index (χ3v) is 4.34. The SMILES string of the molecule is C=CCCCCCC(O)C1CSCCN1C. The van der Waals surface area contributed by atoms with Gasteiger partial charge < -0.3 is 5.11 Å². The van der Waals surface area contributed by atoms with Crippen LogP contribution in [0.3, 0.4) is 0 Å². The fraction of sp³-hybridized carbons (Fsp3) is 0.846. The van der Waals surface area contributed by atoms with E-state index >= 15 is 0 Å². The Morgan fingerprint density at radius 3 is 3.00 bits per heavy atom. The largest absolute Gasteiger partial charge is 0.391 e. The van der Waals surface area contributed by atoms with Crippen molar-refractivity contribution in [3.8, 4) is 0 Å². The highest BCUT2D eigenvalue weighted by atomic mass is 32.2. The Morgan fingerprint density at radius 2 is 2.31 bits per heavy atom. The predicted molar refractivity (Wildman–Crippen MR) is 73.0 cm³/mol. The van der Waals surface area contributed by atoms with E-state index in [1.807, 2.05) is 17.8 Å². The summed E-state index contributed by atoms with van der Waals surface area (Å²) >= 11 is 1.97. The first-order valence-electron chi connectivity index (χ1n) is 6.32. The van der Waals surface area contributed by atoms with Gasteiger partial charge in [0.1, 0.15) is 0 Å². The molecule has 1 aliphatic rings. The van der Waals surface area contributed by atoms with Gasteiger partial charge in [0, 0.05) is 24.1 Å². The van der Waals surface area contributed by atoms with Crippen molar-refractivity contribution in [2.24, 2.45) is 0 Å². The normalized spacial score (nSPS) is 24.2. The number of hydrogen-bond acceptors (Lipinski definition) is 3. The molecule has 0 saturated carbocycles. The molecule has 2 atom stereocenters. The molecule has 3 heteroatoms. The van der Waals surface area contributed by atoms with Crippen molar-refractivity contribution in [1.29, 1.82) is 0 Å². The number of likely N-dealkylation sites (N-methyl/N-ethyl adjacent to an activating group) is 1. The number of thioether (sulfide) groups is 1. The van der Waals surface area contributed by atoms with Gasteiger partial charge >= 0.3 is 0 Å². The topological polar surface area (TPSA) is 23.5 Å². The lowest BCUT2D eigenvalue weighted by atomic mass is 10.0. The second-order valence-corrected chi connectivity index (χ2v) is 5.77. The van der Waals surface area contributed by atoms with Crippen molar-refractivity contribution in [3.63, 3.8) is 0 Å². The van der Waals surface area contributed by atoms with Crippen LogP contribution in [-0.2, 0) is 0 Å². The fourth-order valence-corrected chi connectivity index (χ4v) is 3.42. The van der Waals surface area contributed by atoms with E-state index in [-0.39, 0.29) is 6.10 Å². The van der Waals surface area contributed by atoms with Crippen LogP contribution in [0, 0.1) is 0 Å². The molecule has 0 radical (unpaired) electrons. The van der Waals surface area contributed by atoms with Gasteiger partial charge in [-0.1, -0.05) is 18.9 Å². The number of unbranched alkanes of at least 4 members (excludes halogenated alkanes) is 3. The average Bonchev–Trinajstić information content (AvgIpc) is 2.29. The second kappa shape index (κ2) is 8.15. The number of allylic oxidation sites excluding steroid dienone is 1. The summed E-state index contributed by atoms with van der Waals surface area (Å²) in [6.07, 6.45) is 7.47. The minimum atomic E-state index is -0.137. The summed E-state index contributed by atoms with van der Waals surface area (Å²) in [6, 6.07) is 0.373. The van der Waals surface area contributed by atoms with Gasteiger partial charge in [-0.05, 0) is 26.3 Å². The summed E-state index contributed by atoms with van der Waals surface area (Å²) < 4.78 is 0. The molecule has 0 amide bonds. The number of aliphatic hydroxyl groups excluding tert-OH is 1. The molecule has 1 heterocycles. The Hall–Kier alpha value is 0.01000. The van der Waals surface area contributed by atoms with Crippen LogP contribution >= 0.6 is 11.8 Å². The molecule has 1 rings (SSSR count). The molecule has 0 aliphatic carbocycles. The fourth-order valence-electron chi connectivity index (χ4n) is 2.12. The van der Waals surface area contributed by atoms with Crippen LogP contribution in [0.15, 0.2) is 12.7 Å². The molecular formula is C13H25NOS. The molecule has 16 heavy (non-hydrogen) atoms. The number of nitrogens with zero attached hydrogens (tertiary/aromatic N) is 1. The van der Waals surface area contributed by atoms with Crippen LogP contribution in [0.5, 0.6) is 0 Å². The zero-order valence-corrected chi connectivity index (χ0v) is 11.2. The molecule has 2 unspecified atom stereocenters. The van der Waals surface area contributed by atoms with Crippen molar-refractivity contribution in [1.82, 2.24) is 4.90 Å². The average molecular weight is 243 g/mol. The van der Waals surface area contributed by atoms with Gasteiger partial charge in [-0.15, -0.1) is 6.58 Å². The van der Waals surface area contributed by atoms with E-state index in [0.717, 1.165) is 31.6 Å². The number of rotatable bonds is 7. The maximum atomic E-state index is 10.1. The number of aliphatic hydroxyl groups is 1. The number of hydrogen-bond donors (Lipinski definition) is 1. The lowest BCUT2D eigenvalue weighted by Gasteiger charge is -2.35. The van der Waals surface area contributed by atoms with Crippen LogP contribution in [0.1, 0.15) is 32.1 Å². The molecule has 1 fully saturated rings. The molecule has 0 aromatic heterocycles. The van der Waals surface area contributed by atoms with Gasteiger partial charge in [-0.25, -0.2) is 0 Å². The van der Waals surface area contributed by atoms with E-state index < -0.39 is 0 Å². The van der Waals surface area contributed by atoms with E-state index in [2.05, 4.69) is 18.5 Å². The Labute approximate surface area is 104 Å². The van der Waals surface area contributed by atoms with Gasteiger partial charge in [0.25, 0.3) is 0 Å². The summed E-state index contributed by atoms with van der Waals surface area (Å²) in [5.74, 6) is 2.30. The second-order valence-electron chi connectivity index (χ2n) is 4.62. The summed E-state index contributed by atoms with van der Waals surface area (Å²) in [4.78, 5) is 2.31. The highest BCUT2D eigenvalue weighted by molar-refractivity contribution is 7.99. The van der Waals surface area contributed by atoms with E-state index in [1.54, 1.807) is 0 Å². The highest BCUT2D eigenvalue weighted by Gasteiger charge is 2.25. The minimum Gasteiger partial charge on any atom is -0.391 e. The predicted octanol–water partition coefficient (Wildman–Crippen LogP) is 2.53. The maximum Gasteiger partial charge on any atom is 0.0703 e. The van der Waals surface area contributed by atoms with E-state index in [1.165, 1.54) is 18.6 Å². The summed E-state index contributed by atoms with van der Waals surface area (Å²) in [5.41, 5.74) is 0. The van der Waals surface area contributed by atoms with Crippen LogP contribution < -0.4 is 0 Å². The van der Waals surface area contributed by atoms with Gasteiger partial charge in [-0.3, -0.25) is 4.90 Å². The third-order valence-electron chi connectivity index (χ3n) is 3.30. The molecule has 1 aliphatic heterocycles.